The van der Waals surface area contributed by atoms with E-state index in [0.29, 0.717) is 11.3 Å². The summed E-state index contributed by atoms with van der Waals surface area (Å²) in [6, 6.07) is 47.7. The molecule has 0 fully saturated rings. The number of anilines is 2. The Morgan fingerprint density at radius 1 is 0.604 bits per heavy atom. The molecule has 0 spiro atoms. The summed E-state index contributed by atoms with van der Waals surface area (Å²) in [6.45, 7) is 1.84. The van der Waals surface area contributed by atoms with E-state index in [0.717, 1.165) is 38.0 Å². The molecule has 6 aromatic rings. The van der Waals surface area contributed by atoms with Crippen molar-refractivity contribution in [2.45, 2.75) is 17.1 Å². The van der Waals surface area contributed by atoms with Gasteiger partial charge in [-0.25, -0.2) is 0 Å². The van der Waals surface area contributed by atoms with E-state index < -0.39 is 17.1 Å². The molecule has 0 saturated carbocycles. The van der Waals surface area contributed by atoms with Gasteiger partial charge in [-0.15, -0.1) is 11.8 Å². The minimum atomic E-state index is -0.476. The molecule has 236 valence electrons. The van der Waals surface area contributed by atoms with Gasteiger partial charge in [0.2, 0.25) is 5.91 Å². The van der Waals surface area contributed by atoms with Crippen LogP contribution in [-0.2, 0) is 9.59 Å². The molecular formula is C41H33N3O3S. The zero-order chi connectivity index (χ0) is 33.3. The monoisotopic (exact) mass is 647 g/mol. The maximum absolute atomic E-state index is 13.6. The molecule has 0 aliphatic rings. The maximum atomic E-state index is 13.6. The molecule has 1 unspecified atom stereocenters. The van der Waals surface area contributed by atoms with Crippen LogP contribution in [0.5, 0.6) is 0 Å². The topological polar surface area (TPSA) is 87.3 Å². The third-order valence-corrected chi connectivity index (χ3v) is 8.74. The molecule has 0 aliphatic heterocycles. The van der Waals surface area contributed by atoms with E-state index in [2.05, 4.69) is 16.0 Å². The number of rotatable bonds is 10. The van der Waals surface area contributed by atoms with E-state index in [4.69, 9.17) is 0 Å². The van der Waals surface area contributed by atoms with Crippen LogP contribution in [-0.4, -0.2) is 23.0 Å². The number of amides is 3. The van der Waals surface area contributed by atoms with Crippen molar-refractivity contribution in [3.05, 3.63) is 168 Å². The lowest BCUT2D eigenvalue weighted by Crippen LogP contribution is -2.30. The number of nitrogens with one attached hydrogen (secondary N) is 3. The molecule has 0 saturated heterocycles. The van der Waals surface area contributed by atoms with Gasteiger partial charge in [-0.2, -0.15) is 0 Å². The molecule has 0 aliphatic carbocycles. The smallest absolute Gasteiger partial charge is 0.272 e. The fourth-order valence-electron chi connectivity index (χ4n) is 5.13. The molecular weight excluding hydrogens is 615 g/mol. The Kier molecular flexibility index (Phi) is 10.1. The first-order valence-electron chi connectivity index (χ1n) is 15.5. The Hall–Kier alpha value is -5.92. The van der Waals surface area contributed by atoms with Crippen molar-refractivity contribution in [2.24, 2.45) is 0 Å². The first kappa shape index (κ1) is 32.0. The molecule has 3 N–H and O–H groups in total. The predicted molar refractivity (Wildman–Crippen MR) is 197 cm³/mol. The van der Waals surface area contributed by atoms with Crippen LogP contribution in [0.25, 0.3) is 28.0 Å². The third-order valence-electron chi connectivity index (χ3n) is 7.65. The zero-order valence-electron chi connectivity index (χ0n) is 26.2. The summed E-state index contributed by atoms with van der Waals surface area (Å²) in [7, 11) is 0. The van der Waals surface area contributed by atoms with E-state index >= 15 is 0 Å². The minimum Gasteiger partial charge on any atom is -0.325 e. The van der Waals surface area contributed by atoms with Crippen LogP contribution in [0.2, 0.25) is 0 Å². The van der Waals surface area contributed by atoms with Crippen LogP contribution in [0.1, 0.15) is 22.8 Å². The zero-order valence-corrected chi connectivity index (χ0v) is 27.0. The molecule has 0 heterocycles. The van der Waals surface area contributed by atoms with E-state index in [1.807, 2.05) is 128 Å². The van der Waals surface area contributed by atoms with Crippen molar-refractivity contribution in [1.29, 1.82) is 0 Å². The molecule has 6 nitrogen and oxygen atoms in total. The molecule has 3 amide bonds. The van der Waals surface area contributed by atoms with Crippen molar-refractivity contribution in [3.8, 4) is 11.1 Å². The number of thioether (sulfide) groups is 1. The van der Waals surface area contributed by atoms with Crippen molar-refractivity contribution in [2.75, 3.05) is 10.6 Å². The average molecular weight is 648 g/mol. The van der Waals surface area contributed by atoms with E-state index in [1.54, 1.807) is 36.4 Å². The summed E-state index contributed by atoms with van der Waals surface area (Å²) in [5.74, 6) is -0.999. The minimum absolute atomic E-state index is 0.0949. The molecule has 6 rings (SSSR count). The molecule has 6 aromatic carbocycles. The second-order valence-corrected chi connectivity index (χ2v) is 12.6. The van der Waals surface area contributed by atoms with Gasteiger partial charge in [-0.1, -0.05) is 109 Å². The van der Waals surface area contributed by atoms with E-state index in [9.17, 15) is 14.4 Å². The van der Waals surface area contributed by atoms with Crippen molar-refractivity contribution in [1.82, 2.24) is 5.32 Å². The highest BCUT2D eigenvalue weighted by molar-refractivity contribution is 8.00. The van der Waals surface area contributed by atoms with Crippen LogP contribution in [0, 0.1) is 0 Å². The Balaban J connectivity index is 1.16. The lowest BCUT2D eigenvalue weighted by Gasteiger charge is -2.14. The van der Waals surface area contributed by atoms with Gasteiger partial charge >= 0.3 is 0 Å². The fraction of sp³-hybridized carbons (Fsp3) is 0.0488. The van der Waals surface area contributed by atoms with Gasteiger partial charge in [0.15, 0.2) is 0 Å². The normalized spacial score (nSPS) is 11.8. The Morgan fingerprint density at radius 2 is 1.25 bits per heavy atom. The number of carbonyl (C=O) groups excluding carboxylic acids is 3. The Bertz CT molecular complexity index is 2100. The standard InChI is InChI=1S/C41H33N3O3S/c1-28(39(45)42-36-24-23-31-13-8-9-16-34(31)26-36)48-37-18-10-17-35(27-37)43-41(47)38(44-40(46)33-14-6-3-7-15-33)25-29-19-21-32(22-20-29)30-11-4-2-5-12-30/h2-28H,1H3,(H,42,45)(H,43,47)(H,44,46)/b38-25+. The highest BCUT2D eigenvalue weighted by Gasteiger charge is 2.18. The number of hydrogen-bond donors (Lipinski definition) is 3. The van der Waals surface area contributed by atoms with Gasteiger partial charge in [0.25, 0.3) is 11.8 Å². The van der Waals surface area contributed by atoms with E-state index in [1.165, 1.54) is 11.8 Å². The summed E-state index contributed by atoms with van der Waals surface area (Å²) in [4.78, 5) is 40.6. The van der Waals surface area contributed by atoms with Crippen LogP contribution in [0.3, 0.4) is 0 Å². The van der Waals surface area contributed by atoms with Gasteiger partial charge < -0.3 is 16.0 Å². The SMILES string of the molecule is CC(Sc1cccc(NC(=O)/C(=C\c2ccc(-c3ccccc3)cc2)NC(=O)c2ccccc2)c1)C(=O)Nc1ccc2ccccc2c1. The van der Waals surface area contributed by atoms with Crippen LogP contribution in [0.15, 0.2) is 162 Å². The van der Waals surface area contributed by atoms with Crippen molar-refractivity contribution >= 4 is 57.7 Å². The van der Waals surface area contributed by atoms with Gasteiger partial charge in [0, 0.05) is 21.8 Å². The molecule has 48 heavy (non-hydrogen) atoms. The van der Waals surface area contributed by atoms with Crippen LogP contribution >= 0.6 is 11.8 Å². The number of fused-ring (bicyclic) bond motifs is 1. The van der Waals surface area contributed by atoms with Crippen LogP contribution < -0.4 is 16.0 Å². The van der Waals surface area contributed by atoms with E-state index in [-0.39, 0.29) is 11.6 Å². The fourth-order valence-corrected chi connectivity index (χ4v) is 6.05. The molecule has 7 heteroatoms. The van der Waals surface area contributed by atoms with Gasteiger partial charge in [-0.3, -0.25) is 14.4 Å². The largest absolute Gasteiger partial charge is 0.325 e. The summed E-state index contributed by atoms with van der Waals surface area (Å²) in [5.41, 5.74) is 4.68. The second kappa shape index (κ2) is 15.1. The van der Waals surface area contributed by atoms with Gasteiger partial charge in [0.1, 0.15) is 5.70 Å². The van der Waals surface area contributed by atoms with Crippen LogP contribution in [0.4, 0.5) is 11.4 Å². The molecule has 0 bridgehead atoms. The number of hydrogen-bond acceptors (Lipinski definition) is 4. The Labute approximate surface area is 283 Å². The molecule has 1 atom stereocenters. The summed E-state index contributed by atoms with van der Waals surface area (Å²) < 4.78 is 0. The Morgan fingerprint density at radius 3 is 2.00 bits per heavy atom. The number of benzene rings is 6. The first-order valence-corrected chi connectivity index (χ1v) is 16.4. The lowest BCUT2D eigenvalue weighted by atomic mass is 10.0. The van der Waals surface area contributed by atoms with Gasteiger partial charge in [0.05, 0.1) is 5.25 Å². The van der Waals surface area contributed by atoms with Crippen molar-refractivity contribution < 1.29 is 14.4 Å². The third kappa shape index (κ3) is 8.26. The van der Waals surface area contributed by atoms with Gasteiger partial charge in [-0.05, 0) is 82.9 Å². The average Bonchev–Trinajstić information content (AvgIpc) is 3.12. The number of carbonyl (C=O) groups is 3. The second-order valence-electron chi connectivity index (χ2n) is 11.2. The summed E-state index contributed by atoms with van der Waals surface area (Å²) in [5, 5.41) is 10.5. The highest BCUT2D eigenvalue weighted by atomic mass is 32.2. The molecule has 0 aromatic heterocycles. The summed E-state index contributed by atoms with van der Waals surface area (Å²) in [6.07, 6.45) is 1.66. The summed E-state index contributed by atoms with van der Waals surface area (Å²) >= 11 is 1.39. The van der Waals surface area contributed by atoms with Crippen molar-refractivity contribution in [3.63, 3.8) is 0 Å². The quantitative estimate of drug-likeness (QED) is 0.102. The highest BCUT2D eigenvalue weighted by Crippen LogP contribution is 2.28. The maximum Gasteiger partial charge on any atom is 0.272 e. The lowest BCUT2D eigenvalue weighted by molar-refractivity contribution is -0.115. The first-order chi connectivity index (χ1) is 23.4. The molecule has 0 radical (unpaired) electrons. The predicted octanol–water partition coefficient (Wildman–Crippen LogP) is 9.04.